The minimum absolute atomic E-state index is 0.147. The molecule has 1 heterocycles. The normalized spacial score (nSPS) is 17.6. The molecule has 86 valence electrons. The molecule has 2 rings (SSSR count). The van der Waals surface area contributed by atoms with E-state index < -0.39 is 5.97 Å². The fourth-order valence-electron chi connectivity index (χ4n) is 1.97. The number of aliphatic carboxylic acids is 1. The van der Waals surface area contributed by atoms with Gasteiger partial charge >= 0.3 is 5.97 Å². The van der Waals surface area contributed by atoms with Crippen molar-refractivity contribution in [2.75, 3.05) is 18.4 Å². The van der Waals surface area contributed by atoms with Crippen LogP contribution in [0, 0.1) is 6.92 Å². The molecule has 0 bridgehead atoms. The van der Waals surface area contributed by atoms with E-state index in [-0.39, 0.29) is 12.0 Å². The summed E-state index contributed by atoms with van der Waals surface area (Å²) in [7, 11) is 0. The van der Waals surface area contributed by atoms with Crippen LogP contribution < -0.4 is 10.6 Å². The molecule has 0 aromatic heterocycles. The zero-order valence-corrected chi connectivity index (χ0v) is 9.29. The van der Waals surface area contributed by atoms with E-state index in [1.807, 2.05) is 31.2 Å². The van der Waals surface area contributed by atoms with Crippen molar-refractivity contribution in [1.82, 2.24) is 5.32 Å². The number of anilines is 1. The van der Waals surface area contributed by atoms with Gasteiger partial charge < -0.3 is 15.7 Å². The minimum atomic E-state index is -0.761. The van der Waals surface area contributed by atoms with Crippen molar-refractivity contribution in [1.29, 1.82) is 0 Å². The Hall–Kier alpha value is -1.55. The monoisotopic (exact) mass is 220 g/mol. The Labute approximate surface area is 94.7 Å². The van der Waals surface area contributed by atoms with Gasteiger partial charge in [-0.1, -0.05) is 18.2 Å². The quantitative estimate of drug-likeness (QED) is 0.714. The lowest BCUT2D eigenvalue weighted by Gasteiger charge is -2.43. The van der Waals surface area contributed by atoms with Gasteiger partial charge in [-0.3, -0.25) is 4.79 Å². The Morgan fingerprint density at radius 1 is 1.50 bits per heavy atom. The van der Waals surface area contributed by atoms with Crippen LogP contribution in [0.1, 0.15) is 12.0 Å². The van der Waals surface area contributed by atoms with Gasteiger partial charge in [0, 0.05) is 18.8 Å². The van der Waals surface area contributed by atoms with Crippen molar-refractivity contribution in [2.24, 2.45) is 0 Å². The zero-order chi connectivity index (χ0) is 11.6. The van der Waals surface area contributed by atoms with Crippen LogP contribution in [0.4, 0.5) is 5.69 Å². The number of rotatable bonds is 4. The molecule has 4 nitrogen and oxygen atoms in total. The largest absolute Gasteiger partial charge is 0.481 e. The van der Waals surface area contributed by atoms with Crippen LogP contribution in [0.3, 0.4) is 0 Å². The number of hydrogen-bond acceptors (Lipinski definition) is 3. The van der Waals surface area contributed by atoms with Crippen molar-refractivity contribution in [3.05, 3.63) is 29.8 Å². The second-order valence-corrected chi connectivity index (χ2v) is 4.39. The van der Waals surface area contributed by atoms with E-state index >= 15 is 0 Å². The topological polar surface area (TPSA) is 61.4 Å². The third-order valence-corrected chi connectivity index (χ3v) is 2.96. The Morgan fingerprint density at radius 3 is 2.69 bits per heavy atom. The van der Waals surface area contributed by atoms with Crippen LogP contribution in [-0.4, -0.2) is 29.7 Å². The maximum atomic E-state index is 10.8. The smallest absolute Gasteiger partial charge is 0.305 e. The Kier molecular flexibility index (Phi) is 2.83. The standard InChI is InChI=1S/C12H16N2O2/c1-9-4-2-3-5-10(9)14-12(6-11(15)16)7-13-8-12/h2-5,13-14H,6-8H2,1H3,(H,15,16). The SMILES string of the molecule is Cc1ccccc1NC1(CC(=O)O)CNC1. The molecule has 3 N–H and O–H groups in total. The highest BCUT2D eigenvalue weighted by Gasteiger charge is 2.39. The van der Waals surface area contributed by atoms with E-state index in [4.69, 9.17) is 5.11 Å². The molecule has 0 spiro atoms. The van der Waals surface area contributed by atoms with Crippen LogP contribution in [0.15, 0.2) is 24.3 Å². The maximum Gasteiger partial charge on any atom is 0.305 e. The van der Waals surface area contributed by atoms with E-state index in [1.165, 1.54) is 0 Å². The average molecular weight is 220 g/mol. The number of carboxylic acid groups (broad SMARTS) is 1. The molecule has 1 fully saturated rings. The van der Waals surface area contributed by atoms with Crippen molar-refractivity contribution in [3.8, 4) is 0 Å². The number of nitrogens with one attached hydrogen (secondary N) is 2. The highest BCUT2D eigenvalue weighted by molar-refractivity contribution is 5.70. The van der Waals surface area contributed by atoms with Gasteiger partial charge in [0.1, 0.15) is 0 Å². The maximum absolute atomic E-state index is 10.8. The summed E-state index contributed by atoms with van der Waals surface area (Å²) in [6.07, 6.45) is 0.147. The molecule has 1 aliphatic rings. The van der Waals surface area contributed by atoms with Crippen LogP contribution in [0.5, 0.6) is 0 Å². The Bertz CT molecular complexity index is 400. The molecule has 0 saturated carbocycles. The number of para-hydroxylation sites is 1. The van der Waals surface area contributed by atoms with Gasteiger partial charge in [-0.15, -0.1) is 0 Å². The summed E-state index contributed by atoms with van der Waals surface area (Å²) in [5, 5.41) is 15.4. The van der Waals surface area contributed by atoms with Crippen molar-refractivity contribution in [2.45, 2.75) is 18.9 Å². The van der Waals surface area contributed by atoms with Crippen molar-refractivity contribution < 1.29 is 9.90 Å². The fraction of sp³-hybridized carbons (Fsp3) is 0.417. The van der Waals surface area contributed by atoms with E-state index in [1.54, 1.807) is 0 Å². The molecule has 1 aromatic carbocycles. The second kappa shape index (κ2) is 4.14. The molecular formula is C12H16N2O2. The molecule has 4 heteroatoms. The molecule has 0 amide bonds. The summed E-state index contributed by atoms with van der Waals surface area (Å²) in [5.74, 6) is -0.761. The van der Waals surface area contributed by atoms with Crippen molar-refractivity contribution >= 4 is 11.7 Å². The lowest BCUT2D eigenvalue weighted by molar-refractivity contribution is -0.138. The number of carboxylic acids is 1. The molecule has 0 radical (unpaired) electrons. The van der Waals surface area contributed by atoms with E-state index in [2.05, 4.69) is 10.6 Å². The lowest BCUT2D eigenvalue weighted by Crippen LogP contribution is -2.65. The molecule has 1 aliphatic heterocycles. The molecule has 0 unspecified atom stereocenters. The van der Waals surface area contributed by atoms with Gasteiger partial charge in [0.05, 0.1) is 12.0 Å². The second-order valence-electron chi connectivity index (χ2n) is 4.39. The summed E-state index contributed by atoms with van der Waals surface area (Å²) in [6, 6.07) is 7.93. The summed E-state index contributed by atoms with van der Waals surface area (Å²) in [4.78, 5) is 10.8. The van der Waals surface area contributed by atoms with Crippen LogP contribution in [-0.2, 0) is 4.79 Å². The first-order chi connectivity index (χ1) is 7.61. The average Bonchev–Trinajstić information content (AvgIpc) is 2.17. The van der Waals surface area contributed by atoms with E-state index in [9.17, 15) is 4.79 Å². The van der Waals surface area contributed by atoms with Crippen LogP contribution in [0.25, 0.3) is 0 Å². The first-order valence-corrected chi connectivity index (χ1v) is 5.38. The number of hydrogen-bond donors (Lipinski definition) is 3. The van der Waals surface area contributed by atoms with Gasteiger partial charge in [0.25, 0.3) is 0 Å². The Balaban J connectivity index is 2.13. The van der Waals surface area contributed by atoms with E-state index in [0.29, 0.717) is 13.1 Å². The van der Waals surface area contributed by atoms with Gasteiger partial charge in [-0.25, -0.2) is 0 Å². The first kappa shape index (κ1) is 11.0. The zero-order valence-electron chi connectivity index (χ0n) is 9.29. The Morgan fingerprint density at radius 2 is 2.19 bits per heavy atom. The third-order valence-electron chi connectivity index (χ3n) is 2.96. The van der Waals surface area contributed by atoms with Crippen molar-refractivity contribution in [3.63, 3.8) is 0 Å². The first-order valence-electron chi connectivity index (χ1n) is 5.38. The molecule has 16 heavy (non-hydrogen) atoms. The van der Waals surface area contributed by atoms with Gasteiger partial charge in [-0.05, 0) is 18.6 Å². The molecule has 0 atom stereocenters. The predicted octanol–water partition coefficient (Wildman–Crippen LogP) is 1.22. The molecular weight excluding hydrogens is 204 g/mol. The fourth-order valence-corrected chi connectivity index (χ4v) is 1.97. The highest BCUT2D eigenvalue weighted by atomic mass is 16.4. The number of carbonyl (C=O) groups is 1. The van der Waals surface area contributed by atoms with Crippen LogP contribution >= 0.6 is 0 Å². The summed E-state index contributed by atoms with van der Waals surface area (Å²) in [5.41, 5.74) is 1.84. The molecule has 1 aromatic rings. The highest BCUT2D eigenvalue weighted by Crippen LogP contribution is 2.25. The predicted molar refractivity (Wildman–Crippen MR) is 62.7 cm³/mol. The summed E-state index contributed by atoms with van der Waals surface area (Å²) < 4.78 is 0. The van der Waals surface area contributed by atoms with Crippen LogP contribution in [0.2, 0.25) is 0 Å². The van der Waals surface area contributed by atoms with Gasteiger partial charge in [0.15, 0.2) is 0 Å². The number of benzene rings is 1. The molecule has 1 saturated heterocycles. The third kappa shape index (κ3) is 2.17. The molecule has 0 aliphatic carbocycles. The van der Waals surface area contributed by atoms with Gasteiger partial charge in [0.2, 0.25) is 0 Å². The summed E-state index contributed by atoms with van der Waals surface area (Å²) in [6.45, 7) is 3.42. The lowest BCUT2D eigenvalue weighted by atomic mass is 9.88. The summed E-state index contributed by atoms with van der Waals surface area (Å²) >= 11 is 0. The van der Waals surface area contributed by atoms with Gasteiger partial charge in [-0.2, -0.15) is 0 Å². The van der Waals surface area contributed by atoms with E-state index in [0.717, 1.165) is 11.3 Å². The number of aryl methyl sites for hydroxylation is 1. The minimum Gasteiger partial charge on any atom is -0.481 e.